The van der Waals surface area contributed by atoms with Gasteiger partial charge in [-0.05, 0) is 5.56 Å². The smallest absolute Gasteiger partial charge is 0.148 e. The molecule has 2 heteroatoms. The highest BCUT2D eigenvalue weighted by atomic mass is 16.1. The molecule has 0 N–H and O–H groups in total. The number of hydrogen-bond acceptors (Lipinski definition) is 2. The quantitative estimate of drug-likeness (QED) is 0.719. The summed E-state index contributed by atoms with van der Waals surface area (Å²) in [6.45, 7) is 2.83. The predicted octanol–water partition coefficient (Wildman–Crippen LogP) is 2.73. The molecule has 1 aromatic rings. The van der Waals surface area contributed by atoms with Gasteiger partial charge in [0.15, 0.2) is 0 Å². The Morgan fingerprint density at radius 1 is 1.31 bits per heavy atom. The van der Waals surface area contributed by atoms with Crippen LogP contribution in [-0.2, 0) is 11.3 Å². The van der Waals surface area contributed by atoms with Crippen LogP contribution in [0.5, 0.6) is 0 Å². The first-order valence-electron chi connectivity index (χ1n) is 5.44. The van der Waals surface area contributed by atoms with Crippen molar-refractivity contribution in [3.63, 3.8) is 0 Å². The van der Waals surface area contributed by atoms with E-state index in [0.29, 0.717) is 0 Å². The first-order valence-corrected chi connectivity index (χ1v) is 5.44. The summed E-state index contributed by atoms with van der Waals surface area (Å²) in [6.07, 6.45) is 6.94. The molecule has 82 valence electrons. The highest BCUT2D eigenvalue weighted by molar-refractivity contribution is 5.74. The van der Waals surface area contributed by atoms with E-state index in [2.05, 4.69) is 12.1 Å². The van der Waals surface area contributed by atoms with E-state index >= 15 is 0 Å². The van der Waals surface area contributed by atoms with Crippen LogP contribution in [0.2, 0.25) is 0 Å². The molecule has 0 fully saturated rings. The largest absolute Gasteiger partial charge is 0.350 e. The Morgan fingerprint density at radius 3 is 2.75 bits per heavy atom. The summed E-state index contributed by atoms with van der Waals surface area (Å²) in [7, 11) is 0. The van der Waals surface area contributed by atoms with E-state index in [1.807, 2.05) is 48.5 Å². The molecule has 1 atom stereocenters. The minimum absolute atomic E-state index is 0.226. The number of carbonyl (C=O) groups is 1. The van der Waals surface area contributed by atoms with E-state index in [1.54, 1.807) is 0 Å². The Balaban J connectivity index is 2.10. The van der Waals surface area contributed by atoms with Crippen molar-refractivity contribution >= 4 is 6.29 Å². The zero-order valence-corrected chi connectivity index (χ0v) is 9.34. The van der Waals surface area contributed by atoms with Gasteiger partial charge in [-0.15, -0.1) is 0 Å². The number of allylic oxidation sites excluding steroid dienone is 2. The summed E-state index contributed by atoms with van der Waals surface area (Å²) >= 11 is 0. The molecule has 0 saturated carbocycles. The second-order valence-corrected chi connectivity index (χ2v) is 4.04. The molecule has 0 amide bonds. The van der Waals surface area contributed by atoms with Crippen molar-refractivity contribution < 1.29 is 4.79 Å². The van der Waals surface area contributed by atoms with Crippen molar-refractivity contribution in [1.29, 1.82) is 0 Å². The molecular weight excluding hydrogens is 198 g/mol. The standard InChI is InChI=1S/C14H15NO/c1-12-7-8-15(10-14(12)11-16)9-13-5-3-2-4-6-13/h2-8,10-12H,9H2,1H3/t12-/m0/s1. The van der Waals surface area contributed by atoms with Crippen LogP contribution in [0.15, 0.2) is 54.4 Å². The summed E-state index contributed by atoms with van der Waals surface area (Å²) in [4.78, 5) is 12.9. The average Bonchev–Trinajstić information content (AvgIpc) is 2.33. The summed E-state index contributed by atoms with van der Waals surface area (Å²) in [5.74, 6) is 0.226. The van der Waals surface area contributed by atoms with Crippen molar-refractivity contribution in [2.75, 3.05) is 0 Å². The van der Waals surface area contributed by atoms with Crippen molar-refractivity contribution in [2.24, 2.45) is 5.92 Å². The van der Waals surface area contributed by atoms with Gasteiger partial charge < -0.3 is 4.90 Å². The Labute approximate surface area is 95.9 Å². The highest BCUT2D eigenvalue weighted by Crippen LogP contribution is 2.18. The topological polar surface area (TPSA) is 20.3 Å². The lowest BCUT2D eigenvalue weighted by atomic mass is 10.0. The highest BCUT2D eigenvalue weighted by Gasteiger charge is 2.11. The fraction of sp³-hybridized carbons (Fsp3) is 0.214. The molecule has 0 radical (unpaired) electrons. The van der Waals surface area contributed by atoms with Crippen LogP contribution >= 0.6 is 0 Å². The third-order valence-corrected chi connectivity index (χ3v) is 2.75. The van der Waals surface area contributed by atoms with Crippen molar-refractivity contribution in [2.45, 2.75) is 13.5 Å². The Bertz CT molecular complexity index is 420. The van der Waals surface area contributed by atoms with E-state index in [-0.39, 0.29) is 5.92 Å². The van der Waals surface area contributed by atoms with Gasteiger partial charge >= 0.3 is 0 Å². The summed E-state index contributed by atoms with van der Waals surface area (Å²) in [5.41, 5.74) is 2.07. The number of rotatable bonds is 3. The second-order valence-electron chi connectivity index (χ2n) is 4.04. The normalized spacial score (nSPS) is 19.4. The summed E-state index contributed by atoms with van der Waals surface area (Å²) < 4.78 is 0. The number of carbonyl (C=O) groups excluding carboxylic acids is 1. The van der Waals surface area contributed by atoms with Crippen LogP contribution < -0.4 is 0 Å². The lowest BCUT2D eigenvalue weighted by molar-refractivity contribution is -0.105. The maximum Gasteiger partial charge on any atom is 0.148 e. The SMILES string of the molecule is C[C@H]1C=CN(Cc2ccccc2)C=C1C=O. The number of nitrogens with zero attached hydrogens (tertiary/aromatic N) is 1. The van der Waals surface area contributed by atoms with Gasteiger partial charge in [0.25, 0.3) is 0 Å². The van der Waals surface area contributed by atoms with Gasteiger partial charge in [-0.2, -0.15) is 0 Å². The minimum Gasteiger partial charge on any atom is -0.350 e. The first-order chi connectivity index (χ1) is 7.79. The molecule has 0 bridgehead atoms. The first kappa shape index (κ1) is 10.7. The van der Waals surface area contributed by atoms with E-state index in [4.69, 9.17) is 0 Å². The molecule has 0 unspecified atom stereocenters. The monoisotopic (exact) mass is 213 g/mol. The minimum atomic E-state index is 0.226. The van der Waals surface area contributed by atoms with Gasteiger partial charge in [0.05, 0.1) is 0 Å². The van der Waals surface area contributed by atoms with Crippen LogP contribution in [0.4, 0.5) is 0 Å². The van der Waals surface area contributed by atoms with Crippen LogP contribution in [0.1, 0.15) is 12.5 Å². The van der Waals surface area contributed by atoms with E-state index in [1.165, 1.54) is 5.56 Å². The second kappa shape index (κ2) is 4.79. The fourth-order valence-corrected chi connectivity index (χ4v) is 1.73. The van der Waals surface area contributed by atoms with Crippen molar-refractivity contribution in [3.05, 3.63) is 59.9 Å². The maximum atomic E-state index is 10.8. The summed E-state index contributed by atoms with van der Waals surface area (Å²) in [6, 6.07) is 10.2. The molecular formula is C14H15NO. The van der Waals surface area contributed by atoms with Gasteiger partial charge in [0, 0.05) is 30.4 Å². The molecule has 0 saturated heterocycles. The van der Waals surface area contributed by atoms with Crippen molar-refractivity contribution in [3.8, 4) is 0 Å². The molecule has 0 spiro atoms. The van der Waals surface area contributed by atoms with E-state index < -0.39 is 0 Å². The Hall–Kier alpha value is -1.83. The van der Waals surface area contributed by atoms with Crippen LogP contribution in [0.25, 0.3) is 0 Å². The predicted molar refractivity (Wildman–Crippen MR) is 64.4 cm³/mol. The Kier molecular flexibility index (Phi) is 3.20. The molecule has 2 rings (SSSR count). The summed E-state index contributed by atoms with van der Waals surface area (Å²) in [5, 5.41) is 0. The molecule has 1 aliphatic heterocycles. The third-order valence-electron chi connectivity index (χ3n) is 2.75. The molecule has 1 heterocycles. The van der Waals surface area contributed by atoms with Gasteiger partial charge in [-0.25, -0.2) is 0 Å². The fourth-order valence-electron chi connectivity index (χ4n) is 1.73. The zero-order valence-electron chi connectivity index (χ0n) is 9.34. The van der Waals surface area contributed by atoms with Gasteiger partial charge in [0.1, 0.15) is 6.29 Å². The third kappa shape index (κ3) is 2.40. The van der Waals surface area contributed by atoms with Gasteiger partial charge in [-0.3, -0.25) is 4.79 Å². The molecule has 16 heavy (non-hydrogen) atoms. The zero-order chi connectivity index (χ0) is 11.4. The molecule has 1 aliphatic rings. The van der Waals surface area contributed by atoms with E-state index in [0.717, 1.165) is 18.4 Å². The number of benzene rings is 1. The average molecular weight is 213 g/mol. The van der Waals surface area contributed by atoms with Crippen LogP contribution in [0.3, 0.4) is 0 Å². The lowest BCUT2D eigenvalue weighted by Gasteiger charge is -2.22. The number of aldehydes is 1. The van der Waals surface area contributed by atoms with Gasteiger partial charge in [0.2, 0.25) is 0 Å². The molecule has 2 nitrogen and oxygen atoms in total. The number of hydrogen-bond donors (Lipinski definition) is 0. The van der Waals surface area contributed by atoms with Crippen molar-refractivity contribution in [1.82, 2.24) is 4.90 Å². The van der Waals surface area contributed by atoms with E-state index in [9.17, 15) is 4.79 Å². The maximum absolute atomic E-state index is 10.8. The molecule has 0 aromatic heterocycles. The van der Waals surface area contributed by atoms with Crippen LogP contribution in [-0.4, -0.2) is 11.2 Å². The lowest BCUT2D eigenvalue weighted by Crippen LogP contribution is -2.16. The molecule has 1 aromatic carbocycles. The molecule has 0 aliphatic carbocycles. The van der Waals surface area contributed by atoms with Gasteiger partial charge in [-0.1, -0.05) is 43.3 Å². The Morgan fingerprint density at radius 2 is 2.06 bits per heavy atom. The van der Waals surface area contributed by atoms with Crippen LogP contribution in [0, 0.1) is 5.92 Å².